The van der Waals surface area contributed by atoms with Gasteiger partial charge in [0.1, 0.15) is 0 Å². The first-order chi connectivity index (χ1) is 15.8. The molecule has 3 nitrogen and oxygen atoms in total. The van der Waals surface area contributed by atoms with Gasteiger partial charge >= 0.3 is 12.4 Å². The van der Waals surface area contributed by atoms with Crippen LogP contribution in [0.1, 0.15) is 16.1 Å². The summed E-state index contributed by atoms with van der Waals surface area (Å²) in [5.41, 5.74) is -0.799. The van der Waals surface area contributed by atoms with Crippen molar-refractivity contribution in [3.63, 3.8) is 0 Å². The minimum Gasteiger partial charge on any atom is -0.357 e. The van der Waals surface area contributed by atoms with Crippen molar-refractivity contribution in [3.8, 4) is 0 Å². The van der Waals surface area contributed by atoms with Crippen LogP contribution in [0.25, 0.3) is 0 Å². The van der Waals surface area contributed by atoms with E-state index in [1.807, 2.05) is 0 Å². The molecule has 0 bridgehead atoms. The fourth-order valence-corrected chi connectivity index (χ4v) is 4.56. The predicted octanol–water partition coefficient (Wildman–Crippen LogP) is 8.28. The van der Waals surface area contributed by atoms with Gasteiger partial charge in [0.2, 0.25) is 0 Å². The molecule has 0 unspecified atom stereocenters. The maximum atomic E-state index is 13.6. The van der Waals surface area contributed by atoms with E-state index in [0.717, 1.165) is 4.90 Å². The molecular weight excluding hydrogens is 570 g/mol. The maximum absolute atomic E-state index is 13.6. The lowest BCUT2D eigenvalue weighted by atomic mass is 10.2. The largest absolute Gasteiger partial charge is 0.434 e. The Morgan fingerprint density at radius 3 is 2.26 bits per heavy atom. The van der Waals surface area contributed by atoms with E-state index in [1.165, 1.54) is 36.4 Å². The summed E-state index contributed by atoms with van der Waals surface area (Å²) in [5.74, 6) is 0.141. The molecule has 0 aliphatic rings. The summed E-state index contributed by atoms with van der Waals surface area (Å²) in [6.45, 7) is -2.37. The Hall–Kier alpha value is -1.17. The predicted molar refractivity (Wildman–Crippen MR) is 126 cm³/mol. The number of alkyl halides is 7. The summed E-state index contributed by atoms with van der Waals surface area (Å²) in [6, 6.07) is 6.00. The van der Waals surface area contributed by atoms with Gasteiger partial charge in [-0.2, -0.15) is 26.3 Å². The van der Waals surface area contributed by atoms with Crippen molar-refractivity contribution >= 4 is 62.9 Å². The summed E-state index contributed by atoms with van der Waals surface area (Å²) in [4.78, 5) is 4.03. The number of aromatic nitrogens is 1. The zero-order valence-corrected chi connectivity index (χ0v) is 20.9. The SMILES string of the molecule is FC(F)(F)CN(Cc1ccc(Cl)cc1)Cc1sc(NC/C(Cl)=C\C(Cl)=C/CCl)nc1C(F)(F)F. The molecule has 0 spiro atoms. The van der Waals surface area contributed by atoms with Crippen LogP contribution in [-0.2, 0) is 19.3 Å². The van der Waals surface area contributed by atoms with Crippen LogP contribution >= 0.6 is 57.7 Å². The minimum absolute atomic E-state index is 0.102. The molecule has 2 rings (SSSR count). The molecule has 0 saturated carbocycles. The van der Waals surface area contributed by atoms with Crippen molar-refractivity contribution in [1.82, 2.24) is 9.88 Å². The molecule has 0 amide bonds. The highest BCUT2D eigenvalue weighted by Crippen LogP contribution is 2.37. The molecule has 1 N–H and O–H groups in total. The van der Waals surface area contributed by atoms with Gasteiger partial charge in [0.25, 0.3) is 0 Å². The Morgan fingerprint density at radius 1 is 1.06 bits per heavy atom. The number of anilines is 1. The molecule has 0 fully saturated rings. The van der Waals surface area contributed by atoms with Crippen LogP contribution in [0.3, 0.4) is 0 Å². The Kier molecular flexibility index (Phi) is 10.8. The van der Waals surface area contributed by atoms with E-state index in [0.29, 0.717) is 21.9 Å². The Balaban J connectivity index is 2.26. The quantitative estimate of drug-likeness (QED) is 0.172. The average molecular weight is 587 g/mol. The normalized spacial score (nSPS) is 13.6. The van der Waals surface area contributed by atoms with Crippen molar-refractivity contribution in [2.24, 2.45) is 0 Å². The van der Waals surface area contributed by atoms with Crippen LogP contribution < -0.4 is 5.32 Å². The van der Waals surface area contributed by atoms with E-state index in [9.17, 15) is 26.3 Å². The minimum atomic E-state index is -4.86. The first kappa shape index (κ1) is 29.1. The van der Waals surface area contributed by atoms with Gasteiger partial charge in [0, 0.05) is 34.1 Å². The molecule has 0 radical (unpaired) electrons. The third-order valence-electron chi connectivity index (χ3n) is 4.03. The maximum Gasteiger partial charge on any atom is 0.434 e. The van der Waals surface area contributed by atoms with Gasteiger partial charge in [0.15, 0.2) is 10.8 Å². The molecule has 1 aromatic carbocycles. The first-order valence-electron chi connectivity index (χ1n) is 9.39. The van der Waals surface area contributed by atoms with Crippen LogP contribution in [0.15, 0.2) is 46.5 Å². The molecule has 1 aromatic heterocycles. The molecule has 0 saturated heterocycles. The monoisotopic (exact) mass is 585 g/mol. The second-order valence-corrected chi connectivity index (χ2v) is 9.61. The molecule has 0 aliphatic heterocycles. The number of thiazole rings is 1. The number of allylic oxidation sites excluding steroid dienone is 3. The van der Waals surface area contributed by atoms with E-state index >= 15 is 0 Å². The highest BCUT2D eigenvalue weighted by atomic mass is 35.5. The lowest BCUT2D eigenvalue weighted by molar-refractivity contribution is -0.149. The molecule has 14 heteroatoms. The van der Waals surface area contributed by atoms with Crippen LogP contribution in [-0.4, -0.2) is 35.0 Å². The van der Waals surface area contributed by atoms with Gasteiger partial charge in [0.05, 0.1) is 18.0 Å². The lowest BCUT2D eigenvalue weighted by Crippen LogP contribution is -2.33. The highest BCUT2D eigenvalue weighted by molar-refractivity contribution is 7.15. The second kappa shape index (κ2) is 12.7. The van der Waals surface area contributed by atoms with E-state index in [-0.39, 0.29) is 39.0 Å². The number of nitrogens with one attached hydrogen (secondary N) is 1. The van der Waals surface area contributed by atoms with Gasteiger partial charge in [-0.1, -0.05) is 53.0 Å². The molecule has 188 valence electrons. The second-order valence-electron chi connectivity index (χ2n) is 6.86. The van der Waals surface area contributed by atoms with Gasteiger partial charge in [-0.3, -0.25) is 4.90 Å². The van der Waals surface area contributed by atoms with Crippen LogP contribution in [0.5, 0.6) is 0 Å². The third kappa shape index (κ3) is 10.2. The summed E-state index contributed by atoms with van der Waals surface area (Å²) < 4.78 is 80.1. The van der Waals surface area contributed by atoms with Crippen LogP contribution in [0.2, 0.25) is 5.02 Å². The van der Waals surface area contributed by atoms with Gasteiger partial charge < -0.3 is 5.32 Å². The fraction of sp³-hybridized carbons (Fsp3) is 0.350. The Morgan fingerprint density at radius 2 is 1.71 bits per heavy atom. The number of hydrogen-bond acceptors (Lipinski definition) is 4. The van der Waals surface area contributed by atoms with E-state index in [1.54, 1.807) is 0 Å². The van der Waals surface area contributed by atoms with Crippen LogP contribution in [0, 0.1) is 0 Å². The van der Waals surface area contributed by atoms with Crippen molar-refractivity contribution in [2.45, 2.75) is 25.4 Å². The number of halogens is 10. The standard InChI is InChI=1S/C20H17Cl4F6N3S/c21-6-5-14(23)7-15(24)8-31-18-32-17(20(28,29)30)16(34-18)10-33(11-19(25,26)27)9-12-1-3-13(22)4-2-12/h1-5,7H,6,8-11H2,(H,31,32)/b14-5+,15-7+. The summed E-state index contributed by atoms with van der Waals surface area (Å²) >= 11 is 23.8. The van der Waals surface area contributed by atoms with Gasteiger partial charge in [-0.25, -0.2) is 4.98 Å². The summed E-state index contributed by atoms with van der Waals surface area (Å²) in [7, 11) is 0. The third-order valence-corrected chi connectivity index (χ3v) is 5.94. The molecule has 0 aliphatic carbocycles. The molecule has 1 heterocycles. The zero-order valence-electron chi connectivity index (χ0n) is 17.1. The van der Waals surface area contributed by atoms with Gasteiger partial charge in [-0.15, -0.1) is 22.9 Å². The molecule has 0 atom stereocenters. The van der Waals surface area contributed by atoms with E-state index < -0.39 is 31.1 Å². The molecular formula is C20H17Cl4F6N3S. The fourth-order valence-electron chi connectivity index (χ4n) is 2.72. The Labute approximate surface area is 215 Å². The average Bonchev–Trinajstić information content (AvgIpc) is 3.10. The Bertz CT molecular complexity index is 1000. The highest BCUT2D eigenvalue weighted by Gasteiger charge is 2.39. The number of nitrogens with zero attached hydrogens (tertiary/aromatic N) is 2. The van der Waals surface area contributed by atoms with Crippen molar-refractivity contribution < 1.29 is 26.3 Å². The van der Waals surface area contributed by atoms with E-state index in [2.05, 4.69) is 10.3 Å². The smallest absolute Gasteiger partial charge is 0.357 e. The zero-order chi connectivity index (χ0) is 25.5. The van der Waals surface area contributed by atoms with Gasteiger partial charge in [-0.05, 0) is 23.8 Å². The van der Waals surface area contributed by atoms with Crippen molar-refractivity contribution in [3.05, 3.63) is 67.6 Å². The number of benzene rings is 1. The van der Waals surface area contributed by atoms with Crippen molar-refractivity contribution in [1.29, 1.82) is 0 Å². The topological polar surface area (TPSA) is 28.2 Å². The number of hydrogen-bond donors (Lipinski definition) is 1. The van der Waals surface area contributed by atoms with E-state index in [4.69, 9.17) is 46.4 Å². The molecule has 2 aromatic rings. The molecule has 34 heavy (non-hydrogen) atoms. The first-order valence-corrected chi connectivity index (χ1v) is 11.9. The lowest BCUT2D eigenvalue weighted by Gasteiger charge is -2.23. The summed E-state index contributed by atoms with van der Waals surface area (Å²) in [5, 5.41) is 3.28. The number of rotatable bonds is 10. The summed E-state index contributed by atoms with van der Waals surface area (Å²) in [6.07, 6.45) is -6.66. The van der Waals surface area contributed by atoms with Crippen molar-refractivity contribution in [2.75, 3.05) is 24.3 Å². The van der Waals surface area contributed by atoms with Crippen LogP contribution in [0.4, 0.5) is 31.5 Å².